The second-order valence-corrected chi connectivity index (χ2v) is 6.75. The van der Waals surface area contributed by atoms with Crippen molar-refractivity contribution in [1.82, 2.24) is 10.2 Å². The molecule has 2 rings (SSSR count). The van der Waals surface area contributed by atoms with E-state index in [1.54, 1.807) is 0 Å². The lowest BCUT2D eigenvalue weighted by Gasteiger charge is -2.31. The fourth-order valence-corrected chi connectivity index (χ4v) is 3.31. The zero-order chi connectivity index (χ0) is 15.1. The molecule has 2 nitrogen and oxygen atoms in total. The van der Waals surface area contributed by atoms with Crippen LogP contribution in [0.4, 0.5) is 0 Å². The molecule has 0 bridgehead atoms. The van der Waals surface area contributed by atoms with Gasteiger partial charge < -0.3 is 10.2 Å². The number of nitrogens with zero attached hydrogens (tertiary/aromatic N) is 1. The van der Waals surface area contributed by atoms with Crippen LogP contribution in [-0.2, 0) is 0 Å². The van der Waals surface area contributed by atoms with Gasteiger partial charge in [-0.3, -0.25) is 0 Å². The summed E-state index contributed by atoms with van der Waals surface area (Å²) in [6.45, 7) is 9.30. The average Bonchev–Trinajstić information content (AvgIpc) is 2.50. The second-order valence-electron chi connectivity index (χ2n) is 6.34. The summed E-state index contributed by atoms with van der Waals surface area (Å²) in [5.41, 5.74) is 1.25. The van der Waals surface area contributed by atoms with Gasteiger partial charge in [0.2, 0.25) is 0 Å². The van der Waals surface area contributed by atoms with Gasteiger partial charge in [-0.1, -0.05) is 43.6 Å². The van der Waals surface area contributed by atoms with E-state index in [0.717, 1.165) is 30.3 Å². The summed E-state index contributed by atoms with van der Waals surface area (Å²) < 4.78 is 0. The summed E-state index contributed by atoms with van der Waals surface area (Å²) in [5, 5.41) is 4.55. The predicted molar refractivity (Wildman–Crippen MR) is 91.9 cm³/mol. The van der Waals surface area contributed by atoms with Gasteiger partial charge in [0.1, 0.15) is 0 Å². The Labute approximate surface area is 134 Å². The number of halogens is 1. The SMILES string of the molecule is CCCNC(CCN1CCC(C)CC1)c1ccccc1Cl. The first-order chi connectivity index (χ1) is 10.2. The van der Waals surface area contributed by atoms with Gasteiger partial charge >= 0.3 is 0 Å². The quantitative estimate of drug-likeness (QED) is 0.797. The van der Waals surface area contributed by atoms with Crippen molar-refractivity contribution in [3.63, 3.8) is 0 Å². The van der Waals surface area contributed by atoms with Crippen LogP contribution in [0.5, 0.6) is 0 Å². The van der Waals surface area contributed by atoms with E-state index in [1.165, 1.54) is 38.0 Å². The average molecular weight is 309 g/mol. The Morgan fingerprint density at radius 1 is 1.29 bits per heavy atom. The number of rotatable bonds is 7. The van der Waals surface area contributed by atoms with Crippen LogP contribution in [0.1, 0.15) is 51.1 Å². The normalized spacial score (nSPS) is 18.8. The number of hydrogen-bond acceptors (Lipinski definition) is 2. The van der Waals surface area contributed by atoms with E-state index in [4.69, 9.17) is 11.6 Å². The van der Waals surface area contributed by atoms with Crippen LogP contribution >= 0.6 is 11.6 Å². The first kappa shape index (κ1) is 16.8. The highest BCUT2D eigenvalue weighted by Gasteiger charge is 2.18. The molecule has 3 heteroatoms. The van der Waals surface area contributed by atoms with Crippen molar-refractivity contribution in [2.75, 3.05) is 26.2 Å². The first-order valence-electron chi connectivity index (χ1n) is 8.41. The Hall–Kier alpha value is -0.570. The lowest BCUT2D eigenvalue weighted by molar-refractivity contribution is 0.184. The summed E-state index contributed by atoms with van der Waals surface area (Å²) in [5.74, 6) is 0.902. The predicted octanol–water partition coefficient (Wildman–Crippen LogP) is 4.50. The summed E-state index contributed by atoms with van der Waals surface area (Å²) >= 11 is 6.38. The molecule has 0 saturated carbocycles. The summed E-state index contributed by atoms with van der Waals surface area (Å²) in [6, 6.07) is 8.63. The molecule has 1 N–H and O–H groups in total. The monoisotopic (exact) mass is 308 g/mol. The Balaban J connectivity index is 1.92. The molecule has 1 aromatic rings. The third kappa shape index (κ3) is 5.28. The maximum absolute atomic E-state index is 6.38. The minimum atomic E-state index is 0.373. The second kappa shape index (κ2) is 8.77. The molecule has 0 aromatic heterocycles. The Kier molecular flexibility index (Phi) is 7.01. The van der Waals surface area contributed by atoms with Crippen molar-refractivity contribution in [2.24, 2.45) is 5.92 Å². The third-order valence-corrected chi connectivity index (χ3v) is 4.88. The zero-order valence-electron chi connectivity index (χ0n) is 13.4. The number of hydrogen-bond donors (Lipinski definition) is 1. The molecule has 1 fully saturated rings. The van der Waals surface area contributed by atoms with Crippen LogP contribution in [0.15, 0.2) is 24.3 Å². The van der Waals surface area contributed by atoms with E-state index in [0.29, 0.717) is 6.04 Å². The molecule has 0 radical (unpaired) electrons. The van der Waals surface area contributed by atoms with Crippen molar-refractivity contribution < 1.29 is 0 Å². The fraction of sp³-hybridized carbons (Fsp3) is 0.667. The molecule has 1 heterocycles. The number of likely N-dealkylation sites (tertiary alicyclic amines) is 1. The van der Waals surface area contributed by atoms with E-state index in [2.05, 4.69) is 36.2 Å². The van der Waals surface area contributed by atoms with E-state index in [1.807, 2.05) is 12.1 Å². The third-order valence-electron chi connectivity index (χ3n) is 4.53. The minimum absolute atomic E-state index is 0.373. The highest BCUT2D eigenvalue weighted by molar-refractivity contribution is 6.31. The molecule has 1 aliphatic rings. The van der Waals surface area contributed by atoms with E-state index < -0.39 is 0 Å². The molecule has 118 valence electrons. The van der Waals surface area contributed by atoms with Crippen LogP contribution < -0.4 is 5.32 Å². The van der Waals surface area contributed by atoms with Gasteiger partial charge in [0.05, 0.1) is 0 Å². The maximum Gasteiger partial charge on any atom is 0.0453 e. The van der Waals surface area contributed by atoms with Crippen molar-refractivity contribution in [2.45, 2.75) is 45.6 Å². The lowest BCUT2D eigenvalue weighted by atomic mass is 9.98. The van der Waals surface area contributed by atoms with Crippen molar-refractivity contribution in [3.8, 4) is 0 Å². The summed E-state index contributed by atoms with van der Waals surface area (Å²) in [6.07, 6.45) is 4.98. The van der Waals surface area contributed by atoms with Gasteiger partial charge in [0, 0.05) is 11.1 Å². The molecule has 1 aliphatic heterocycles. The Bertz CT molecular complexity index is 413. The fourth-order valence-electron chi connectivity index (χ4n) is 3.04. The van der Waals surface area contributed by atoms with Gasteiger partial charge in [-0.2, -0.15) is 0 Å². The Morgan fingerprint density at radius 3 is 2.67 bits per heavy atom. The molecule has 0 aliphatic carbocycles. The largest absolute Gasteiger partial charge is 0.310 e. The topological polar surface area (TPSA) is 15.3 Å². The lowest BCUT2D eigenvalue weighted by Crippen LogP contribution is -2.35. The molecular weight excluding hydrogens is 280 g/mol. The number of benzene rings is 1. The molecule has 1 atom stereocenters. The standard InChI is InChI=1S/C18H29ClN2/c1-3-11-20-18(16-6-4-5-7-17(16)19)10-14-21-12-8-15(2)9-13-21/h4-7,15,18,20H,3,8-14H2,1-2H3. The Morgan fingerprint density at radius 2 is 2.00 bits per heavy atom. The molecule has 0 spiro atoms. The molecule has 1 saturated heterocycles. The molecule has 1 aromatic carbocycles. The summed E-state index contributed by atoms with van der Waals surface area (Å²) in [4.78, 5) is 2.61. The van der Waals surface area contributed by atoms with Crippen LogP contribution in [-0.4, -0.2) is 31.1 Å². The number of piperidine rings is 1. The van der Waals surface area contributed by atoms with E-state index >= 15 is 0 Å². The highest BCUT2D eigenvalue weighted by atomic mass is 35.5. The van der Waals surface area contributed by atoms with Gasteiger partial charge in [-0.05, 0) is 69.4 Å². The van der Waals surface area contributed by atoms with Crippen molar-refractivity contribution in [3.05, 3.63) is 34.9 Å². The van der Waals surface area contributed by atoms with Gasteiger partial charge in [0.15, 0.2) is 0 Å². The van der Waals surface area contributed by atoms with Gasteiger partial charge in [0.25, 0.3) is 0 Å². The van der Waals surface area contributed by atoms with Crippen LogP contribution in [0.25, 0.3) is 0 Å². The van der Waals surface area contributed by atoms with Crippen LogP contribution in [0, 0.1) is 5.92 Å². The van der Waals surface area contributed by atoms with Crippen LogP contribution in [0.3, 0.4) is 0 Å². The van der Waals surface area contributed by atoms with Crippen molar-refractivity contribution >= 4 is 11.6 Å². The maximum atomic E-state index is 6.38. The van der Waals surface area contributed by atoms with Gasteiger partial charge in [-0.25, -0.2) is 0 Å². The molecule has 0 amide bonds. The summed E-state index contributed by atoms with van der Waals surface area (Å²) in [7, 11) is 0. The zero-order valence-corrected chi connectivity index (χ0v) is 14.2. The highest BCUT2D eigenvalue weighted by Crippen LogP contribution is 2.26. The molecule has 21 heavy (non-hydrogen) atoms. The molecule has 1 unspecified atom stereocenters. The minimum Gasteiger partial charge on any atom is -0.310 e. The first-order valence-corrected chi connectivity index (χ1v) is 8.78. The van der Waals surface area contributed by atoms with Crippen molar-refractivity contribution in [1.29, 1.82) is 0 Å². The van der Waals surface area contributed by atoms with E-state index in [9.17, 15) is 0 Å². The van der Waals surface area contributed by atoms with Gasteiger partial charge in [-0.15, -0.1) is 0 Å². The smallest absolute Gasteiger partial charge is 0.0453 e. The van der Waals surface area contributed by atoms with E-state index in [-0.39, 0.29) is 0 Å². The molecular formula is C18H29ClN2. The van der Waals surface area contributed by atoms with Crippen LogP contribution in [0.2, 0.25) is 5.02 Å². The number of nitrogens with one attached hydrogen (secondary N) is 1.